The number of anilines is 1. The third kappa shape index (κ3) is 4.13. The molecule has 2 heterocycles. The first-order chi connectivity index (χ1) is 15.5. The molecule has 5 nitrogen and oxygen atoms in total. The third-order valence-electron chi connectivity index (χ3n) is 5.69. The van der Waals surface area contributed by atoms with E-state index in [1.165, 1.54) is 0 Å². The molecule has 5 heteroatoms. The number of nitrogens with zero attached hydrogens (tertiary/aromatic N) is 3. The number of pyridine rings is 2. The fourth-order valence-corrected chi connectivity index (χ4v) is 4.15. The smallest absolute Gasteiger partial charge is 0.269 e. The lowest BCUT2D eigenvalue weighted by molar-refractivity contribution is 0.776. The molecule has 0 radical (unpaired) electrons. The van der Waals surface area contributed by atoms with Gasteiger partial charge in [0.1, 0.15) is 11.6 Å². The molecule has 0 aliphatic rings. The van der Waals surface area contributed by atoms with Crippen molar-refractivity contribution < 1.29 is 0 Å². The van der Waals surface area contributed by atoms with Crippen molar-refractivity contribution in [2.45, 2.75) is 39.3 Å². The van der Waals surface area contributed by atoms with Gasteiger partial charge in [-0.1, -0.05) is 56.3 Å². The Hall–Kier alpha value is -3.91. The van der Waals surface area contributed by atoms with Gasteiger partial charge in [0.15, 0.2) is 0 Å². The molecule has 2 aromatic carbocycles. The highest BCUT2D eigenvalue weighted by Gasteiger charge is 2.20. The van der Waals surface area contributed by atoms with E-state index in [1.54, 1.807) is 10.8 Å². The van der Waals surface area contributed by atoms with E-state index in [0.29, 0.717) is 6.54 Å². The van der Waals surface area contributed by atoms with E-state index >= 15 is 0 Å². The van der Waals surface area contributed by atoms with Gasteiger partial charge in [-0.25, -0.2) is 0 Å². The standard InChI is InChI=1S/C27H26N4O/c1-18(2)26-22-13-12-21(30-19(3)24-11-7-8-14-29-24)15-25(22)31(27(32)23(26)16-28)17-20-9-5-4-6-10-20/h4-15,18-19,30H,17H2,1-3H3. The van der Waals surface area contributed by atoms with E-state index in [4.69, 9.17) is 0 Å². The van der Waals surface area contributed by atoms with Crippen molar-refractivity contribution in [3.05, 3.63) is 106 Å². The summed E-state index contributed by atoms with van der Waals surface area (Å²) in [6.07, 6.45) is 1.78. The maximum Gasteiger partial charge on any atom is 0.269 e. The number of aromatic nitrogens is 2. The van der Waals surface area contributed by atoms with Crippen molar-refractivity contribution >= 4 is 16.6 Å². The summed E-state index contributed by atoms with van der Waals surface area (Å²) in [6.45, 7) is 6.50. The molecule has 2 aromatic heterocycles. The number of nitrogens with one attached hydrogen (secondary N) is 1. The number of rotatable bonds is 6. The maximum absolute atomic E-state index is 13.4. The molecule has 0 saturated heterocycles. The van der Waals surface area contributed by atoms with Gasteiger partial charge in [-0.3, -0.25) is 9.78 Å². The molecular formula is C27H26N4O. The van der Waals surface area contributed by atoms with Crippen LogP contribution in [0.25, 0.3) is 10.9 Å². The van der Waals surface area contributed by atoms with Crippen molar-refractivity contribution in [3.8, 4) is 6.07 Å². The summed E-state index contributed by atoms with van der Waals surface area (Å²) in [5.74, 6) is 0.0532. The lowest BCUT2D eigenvalue weighted by Gasteiger charge is -2.20. The minimum absolute atomic E-state index is 0.00546. The molecule has 4 rings (SSSR count). The maximum atomic E-state index is 13.4. The van der Waals surface area contributed by atoms with Gasteiger partial charge in [0, 0.05) is 17.3 Å². The van der Waals surface area contributed by atoms with Crippen LogP contribution in [-0.4, -0.2) is 9.55 Å². The molecule has 0 saturated carbocycles. The molecule has 160 valence electrons. The molecule has 4 aromatic rings. The fourth-order valence-electron chi connectivity index (χ4n) is 4.15. The average molecular weight is 423 g/mol. The predicted molar refractivity (Wildman–Crippen MR) is 129 cm³/mol. The molecule has 0 bridgehead atoms. The van der Waals surface area contributed by atoms with E-state index in [9.17, 15) is 10.1 Å². The summed E-state index contributed by atoms with van der Waals surface area (Å²) in [6, 6.07) is 23.9. The monoisotopic (exact) mass is 422 g/mol. The summed E-state index contributed by atoms with van der Waals surface area (Å²) in [5.41, 5.74) is 4.46. The molecule has 0 fully saturated rings. The summed E-state index contributed by atoms with van der Waals surface area (Å²) in [4.78, 5) is 17.8. The number of fused-ring (bicyclic) bond motifs is 1. The first-order valence-corrected chi connectivity index (χ1v) is 10.8. The number of hydrogen-bond donors (Lipinski definition) is 1. The largest absolute Gasteiger partial charge is 0.377 e. The molecule has 1 unspecified atom stereocenters. The van der Waals surface area contributed by atoms with Crippen molar-refractivity contribution in [2.75, 3.05) is 5.32 Å². The average Bonchev–Trinajstić information content (AvgIpc) is 2.81. The second kappa shape index (κ2) is 9.07. The van der Waals surface area contributed by atoms with Gasteiger partial charge >= 0.3 is 0 Å². The Bertz CT molecular complexity index is 1340. The Kier molecular flexibility index (Phi) is 6.04. The molecule has 0 spiro atoms. The van der Waals surface area contributed by atoms with Crippen LogP contribution in [0.4, 0.5) is 5.69 Å². The van der Waals surface area contributed by atoms with Crippen molar-refractivity contribution in [2.24, 2.45) is 0 Å². The first-order valence-electron chi connectivity index (χ1n) is 10.8. The fraction of sp³-hybridized carbons (Fsp3) is 0.222. The van der Waals surface area contributed by atoms with Gasteiger partial charge in [0.25, 0.3) is 5.56 Å². The minimum atomic E-state index is -0.248. The molecule has 0 aliphatic carbocycles. The van der Waals surface area contributed by atoms with Gasteiger partial charge < -0.3 is 9.88 Å². The van der Waals surface area contributed by atoms with Crippen molar-refractivity contribution in [1.29, 1.82) is 5.26 Å². The van der Waals surface area contributed by atoms with Crippen LogP contribution in [0.5, 0.6) is 0 Å². The summed E-state index contributed by atoms with van der Waals surface area (Å²) in [7, 11) is 0. The van der Waals surface area contributed by atoms with Crippen LogP contribution in [0.15, 0.2) is 77.7 Å². The molecule has 0 aliphatic heterocycles. The quantitative estimate of drug-likeness (QED) is 0.438. The number of hydrogen-bond acceptors (Lipinski definition) is 4. The number of benzene rings is 2. The van der Waals surface area contributed by atoms with Gasteiger partial charge in [-0.2, -0.15) is 5.26 Å². The zero-order valence-electron chi connectivity index (χ0n) is 18.5. The summed E-state index contributed by atoms with van der Waals surface area (Å²) >= 11 is 0. The first kappa shape index (κ1) is 21.3. The van der Waals surface area contributed by atoms with E-state index < -0.39 is 0 Å². The van der Waals surface area contributed by atoms with Gasteiger partial charge in [-0.15, -0.1) is 0 Å². The minimum Gasteiger partial charge on any atom is -0.377 e. The Labute approximate surface area is 188 Å². The lowest BCUT2D eigenvalue weighted by Crippen LogP contribution is -2.26. The third-order valence-corrected chi connectivity index (χ3v) is 5.69. The van der Waals surface area contributed by atoms with Crippen molar-refractivity contribution in [3.63, 3.8) is 0 Å². The highest BCUT2D eigenvalue weighted by molar-refractivity contribution is 5.88. The second-order valence-corrected chi connectivity index (χ2v) is 8.28. The topological polar surface area (TPSA) is 70.7 Å². The van der Waals surface area contributed by atoms with E-state index in [0.717, 1.165) is 33.4 Å². The van der Waals surface area contributed by atoms with E-state index in [-0.39, 0.29) is 23.1 Å². The Morgan fingerprint density at radius 2 is 1.78 bits per heavy atom. The van der Waals surface area contributed by atoms with E-state index in [2.05, 4.69) is 23.3 Å². The zero-order chi connectivity index (χ0) is 22.7. The van der Waals surface area contributed by atoms with Crippen LogP contribution in [0.1, 0.15) is 55.1 Å². The van der Waals surface area contributed by atoms with Crippen LogP contribution in [0.2, 0.25) is 0 Å². The molecular weight excluding hydrogens is 396 g/mol. The molecule has 32 heavy (non-hydrogen) atoms. The van der Waals surface area contributed by atoms with Crippen LogP contribution < -0.4 is 10.9 Å². The van der Waals surface area contributed by atoms with E-state index in [1.807, 2.05) is 80.6 Å². The Balaban J connectivity index is 1.88. The van der Waals surface area contributed by atoms with Crippen LogP contribution in [0, 0.1) is 11.3 Å². The zero-order valence-corrected chi connectivity index (χ0v) is 18.5. The number of nitriles is 1. The van der Waals surface area contributed by atoms with Crippen molar-refractivity contribution in [1.82, 2.24) is 9.55 Å². The van der Waals surface area contributed by atoms with Gasteiger partial charge in [-0.05, 0) is 48.2 Å². The molecule has 1 N–H and O–H groups in total. The van der Waals surface area contributed by atoms with Gasteiger partial charge in [0.2, 0.25) is 0 Å². The van der Waals surface area contributed by atoms with Gasteiger partial charge in [0.05, 0.1) is 23.8 Å². The molecule has 1 atom stereocenters. The van der Waals surface area contributed by atoms with Crippen LogP contribution in [-0.2, 0) is 6.54 Å². The predicted octanol–water partition coefficient (Wildman–Crippen LogP) is 5.61. The lowest BCUT2D eigenvalue weighted by atomic mass is 9.93. The Morgan fingerprint density at radius 1 is 1.03 bits per heavy atom. The highest BCUT2D eigenvalue weighted by atomic mass is 16.1. The second-order valence-electron chi connectivity index (χ2n) is 8.28. The summed E-state index contributed by atoms with van der Waals surface area (Å²) < 4.78 is 1.71. The Morgan fingerprint density at radius 3 is 2.44 bits per heavy atom. The molecule has 0 amide bonds. The van der Waals surface area contributed by atoms with Crippen LogP contribution >= 0.6 is 0 Å². The normalized spacial score (nSPS) is 12.0. The van der Waals surface area contributed by atoms with Crippen LogP contribution in [0.3, 0.4) is 0 Å². The summed E-state index contributed by atoms with van der Waals surface area (Å²) in [5, 5.41) is 14.2. The SMILES string of the molecule is CC(C)c1c(C#N)c(=O)n(Cc2ccccc2)c2cc(NC(C)c3ccccn3)ccc12. The highest BCUT2D eigenvalue weighted by Crippen LogP contribution is 2.30.